The van der Waals surface area contributed by atoms with E-state index in [1.807, 2.05) is 13.0 Å². The molecule has 1 nitrogen and oxygen atoms in total. The van der Waals surface area contributed by atoms with Gasteiger partial charge in [0.05, 0.1) is 0 Å². The minimum absolute atomic E-state index is 0.206. The average Bonchev–Trinajstić information content (AvgIpc) is 2.45. The Morgan fingerprint density at radius 3 is 2.67 bits per heavy atom. The van der Waals surface area contributed by atoms with Crippen LogP contribution in [0.25, 0.3) is 0 Å². The van der Waals surface area contributed by atoms with E-state index in [0.717, 1.165) is 12.2 Å². The fourth-order valence-corrected chi connectivity index (χ4v) is 2.38. The lowest BCUT2D eigenvalue weighted by Crippen LogP contribution is -2.18. The van der Waals surface area contributed by atoms with Crippen LogP contribution >= 0.6 is 0 Å². The molecule has 0 N–H and O–H groups in total. The van der Waals surface area contributed by atoms with Crippen molar-refractivity contribution in [1.29, 1.82) is 0 Å². The largest absolute Gasteiger partial charge is 0.303 e. The van der Waals surface area contributed by atoms with Gasteiger partial charge in [0.25, 0.3) is 0 Å². The van der Waals surface area contributed by atoms with E-state index in [9.17, 15) is 4.79 Å². The molecule has 0 saturated heterocycles. The van der Waals surface area contributed by atoms with E-state index in [2.05, 4.69) is 13.5 Å². The van der Waals surface area contributed by atoms with E-state index in [4.69, 9.17) is 0 Å². The number of carbonyl (C=O) groups excluding carboxylic acids is 1. The molecule has 1 saturated carbocycles. The smallest absolute Gasteiger partial charge is 0.123 e. The first-order chi connectivity index (χ1) is 5.70. The lowest BCUT2D eigenvalue weighted by molar-refractivity contribution is -0.112. The van der Waals surface area contributed by atoms with Gasteiger partial charge in [-0.05, 0) is 30.6 Å². The van der Waals surface area contributed by atoms with E-state index >= 15 is 0 Å². The number of allylic oxidation sites excluding steroid dienone is 1. The molecule has 1 heteroatoms. The molecule has 1 fully saturated rings. The molecule has 1 unspecified atom stereocenters. The van der Waals surface area contributed by atoms with Crippen LogP contribution in [0, 0.1) is 23.7 Å². The molecule has 1 aliphatic carbocycles. The quantitative estimate of drug-likeness (QED) is 0.465. The summed E-state index contributed by atoms with van der Waals surface area (Å²) in [6.45, 7) is 8.12. The maximum absolute atomic E-state index is 10.6. The van der Waals surface area contributed by atoms with Crippen molar-refractivity contribution in [1.82, 2.24) is 0 Å². The van der Waals surface area contributed by atoms with Crippen LogP contribution in [0.2, 0.25) is 0 Å². The van der Waals surface area contributed by atoms with Crippen LogP contribution in [0.15, 0.2) is 12.7 Å². The molecule has 0 heterocycles. The summed E-state index contributed by atoms with van der Waals surface area (Å²) < 4.78 is 0. The normalized spacial score (nSPS) is 37.7. The molecule has 0 amide bonds. The fraction of sp³-hybridized carbons (Fsp3) is 0.727. The second-order valence-electron chi connectivity index (χ2n) is 4.03. The molecule has 0 radical (unpaired) electrons. The zero-order valence-corrected chi connectivity index (χ0v) is 7.99. The Kier molecular flexibility index (Phi) is 3.07. The van der Waals surface area contributed by atoms with Crippen molar-refractivity contribution in [2.75, 3.05) is 0 Å². The minimum Gasteiger partial charge on any atom is -0.303 e. The first-order valence-electron chi connectivity index (χ1n) is 4.78. The van der Waals surface area contributed by atoms with Crippen LogP contribution in [-0.2, 0) is 4.79 Å². The highest BCUT2D eigenvalue weighted by Crippen LogP contribution is 2.40. The first-order valence-corrected chi connectivity index (χ1v) is 4.78. The third-order valence-electron chi connectivity index (χ3n) is 3.27. The second kappa shape index (κ2) is 3.88. The Balaban J connectivity index is 2.65. The van der Waals surface area contributed by atoms with Gasteiger partial charge in [-0.2, -0.15) is 0 Å². The van der Waals surface area contributed by atoms with Crippen LogP contribution in [0.3, 0.4) is 0 Å². The third kappa shape index (κ3) is 1.60. The molecule has 0 aromatic carbocycles. The highest BCUT2D eigenvalue weighted by Gasteiger charge is 2.34. The summed E-state index contributed by atoms with van der Waals surface area (Å²) >= 11 is 0. The number of hydrogen-bond donors (Lipinski definition) is 0. The third-order valence-corrected chi connectivity index (χ3v) is 3.27. The molecule has 4 atom stereocenters. The van der Waals surface area contributed by atoms with Crippen LogP contribution in [0.4, 0.5) is 0 Å². The lowest BCUT2D eigenvalue weighted by Gasteiger charge is -2.21. The Hall–Kier alpha value is -0.590. The van der Waals surface area contributed by atoms with Gasteiger partial charge >= 0.3 is 0 Å². The Morgan fingerprint density at radius 2 is 2.17 bits per heavy atom. The molecule has 0 aromatic rings. The molecule has 12 heavy (non-hydrogen) atoms. The monoisotopic (exact) mass is 166 g/mol. The highest BCUT2D eigenvalue weighted by molar-refractivity contribution is 5.53. The van der Waals surface area contributed by atoms with Gasteiger partial charge in [0, 0.05) is 5.92 Å². The second-order valence-corrected chi connectivity index (χ2v) is 4.03. The summed E-state index contributed by atoms with van der Waals surface area (Å²) in [5.74, 6) is 2.04. The molecule has 1 rings (SSSR count). The van der Waals surface area contributed by atoms with Gasteiger partial charge in [-0.15, -0.1) is 6.58 Å². The van der Waals surface area contributed by atoms with Crippen LogP contribution in [0.1, 0.15) is 26.7 Å². The minimum atomic E-state index is 0.206. The van der Waals surface area contributed by atoms with Crippen molar-refractivity contribution in [2.45, 2.75) is 26.7 Å². The topological polar surface area (TPSA) is 17.1 Å². The van der Waals surface area contributed by atoms with Gasteiger partial charge in [0.15, 0.2) is 0 Å². The van der Waals surface area contributed by atoms with E-state index in [1.165, 1.54) is 12.8 Å². The molecule has 68 valence electrons. The molecule has 1 aliphatic rings. The molecule has 0 aliphatic heterocycles. The predicted molar refractivity (Wildman–Crippen MR) is 50.8 cm³/mol. The van der Waals surface area contributed by atoms with Gasteiger partial charge in [-0.3, -0.25) is 0 Å². The van der Waals surface area contributed by atoms with Crippen molar-refractivity contribution in [2.24, 2.45) is 23.7 Å². The SMILES string of the molecule is C=C[C@@H]1[C@@H](C)CC[C@H]1C(C)C=O. The van der Waals surface area contributed by atoms with Crippen LogP contribution < -0.4 is 0 Å². The van der Waals surface area contributed by atoms with Crippen molar-refractivity contribution in [3.05, 3.63) is 12.7 Å². The number of carbonyl (C=O) groups is 1. The highest BCUT2D eigenvalue weighted by atomic mass is 16.1. The van der Waals surface area contributed by atoms with Crippen LogP contribution in [-0.4, -0.2) is 6.29 Å². The molecular formula is C11H18O. The van der Waals surface area contributed by atoms with Gasteiger partial charge < -0.3 is 4.79 Å². The van der Waals surface area contributed by atoms with Crippen molar-refractivity contribution in [3.8, 4) is 0 Å². The Labute approximate surface area is 74.9 Å². The molecular weight excluding hydrogens is 148 g/mol. The summed E-state index contributed by atoms with van der Waals surface area (Å²) in [7, 11) is 0. The summed E-state index contributed by atoms with van der Waals surface area (Å²) in [5.41, 5.74) is 0. The average molecular weight is 166 g/mol. The van der Waals surface area contributed by atoms with Gasteiger partial charge in [0.1, 0.15) is 6.29 Å². The summed E-state index contributed by atoms with van der Waals surface area (Å²) in [4.78, 5) is 10.6. The van der Waals surface area contributed by atoms with E-state index in [-0.39, 0.29) is 5.92 Å². The summed E-state index contributed by atoms with van der Waals surface area (Å²) in [5, 5.41) is 0. The lowest BCUT2D eigenvalue weighted by atomic mass is 9.83. The summed E-state index contributed by atoms with van der Waals surface area (Å²) in [6.07, 6.45) is 5.55. The number of aldehydes is 1. The maximum Gasteiger partial charge on any atom is 0.123 e. The number of hydrogen-bond acceptors (Lipinski definition) is 1. The van der Waals surface area contributed by atoms with Crippen molar-refractivity contribution < 1.29 is 4.79 Å². The zero-order chi connectivity index (χ0) is 9.14. The molecule has 0 spiro atoms. The zero-order valence-electron chi connectivity index (χ0n) is 7.99. The summed E-state index contributed by atoms with van der Waals surface area (Å²) in [6, 6.07) is 0. The Bertz CT molecular complexity index is 174. The van der Waals surface area contributed by atoms with Crippen LogP contribution in [0.5, 0.6) is 0 Å². The van der Waals surface area contributed by atoms with Gasteiger partial charge in [-0.1, -0.05) is 19.9 Å². The molecule has 0 bridgehead atoms. The Morgan fingerprint density at radius 1 is 1.50 bits per heavy atom. The van der Waals surface area contributed by atoms with Crippen molar-refractivity contribution >= 4 is 6.29 Å². The standard InChI is InChI=1S/C11H18O/c1-4-10-8(2)5-6-11(10)9(3)7-12/h4,7-11H,1,5-6H2,2-3H3/t8-,9?,10+,11-/m0/s1. The first kappa shape index (κ1) is 9.50. The maximum atomic E-state index is 10.6. The van der Waals surface area contributed by atoms with Crippen molar-refractivity contribution in [3.63, 3.8) is 0 Å². The predicted octanol–water partition coefficient (Wildman–Crippen LogP) is 2.67. The van der Waals surface area contributed by atoms with Gasteiger partial charge in [-0.25, -0.2) is 0 Å². The van der Waals surface area contributed by atoms with E-state index in [0.29, 0.717) is 11.8 Å². The number of rotatable bonds is 3. The van der Waals surface area contributed by atoms with Gasteiger partial charge in [0.2, 0.25) is 0 Å². The van der Waals surface area contributed by atoms with E-state index in [1.54, 1.807) is 0 Å². The molecule has 0 aromatic heterocycles. The fourth-order valence-electron chi connectivity index (χ4n) is 2.38. The van der Waals surface area contributed by atoms with E-state index < -0.39 is 0 Å².